The van der Waals surface area contributed by atoms with Gasteiger partial charge < -0.3 is 20.1 Å². The second kappa shape index (κ2) is 16.3. The van der Waals surface area contributed by atoms with E-state index in [0.29, 0.717) is 5.75 Å². The molecule has 0 heterocycles. The molecule has 2 aromatic rings. The zero-order valence-electron chi connectivity index (χ0n) is 26.8. The first-order valence-corrected chi connectivity index (χ1v) is 15.8. The first-order valence-electron chi connectivity index (χ1n) is 15.8. The molecule has 0 aliphatic heterocycles. The minimum atomic E-state index is -0.918. The van der Waals surface area contributed by atoms with Crippen molar-refractivity contribution in [2.24, 2.45) is 5.41 Å². The lowest BCUT2D eigenvalue weighted by Gasteiger charge is -2.34. The molecule has 3 N–H and O–H groups in total. The summed E-state index contributed by atoms with van der Waals surface area (Å²) in [4.78, 5) is 10.8. The molecule has 5 nitrogen and oxygen atoms in total. The van der Waals surface area contributed by atoms with Crippen LogP contribution in [0.1, 0.15) is 127 Å². The zero-order valence-corrected chi connectivity index (χ0v) is 26.8. The number of carbonyl (C=O) groups is 1. The average molecular weight is 569 g/mol. The Morgan fingerprint density at radius 3 is 2.07 bits per heavy atom. The topological polar surface area (TPSA) is 87.0 Å². The molecule has 0 radical (unpaired) electrons. The van der Waals surface area contributed by atoms with Crippen LogP contribution in [-0.4, -0.2) is 40.1 Å². The third-order valence-electron chi connectivity index (χ3n) is 9.22. The van der Waals surface area contributed by atoms with Crippen LogP contribution in [0.2, 0.25) is 0 Å². The number of carboxylic acids is 1. The normalized spacial score (nSPS) is 13.7. The molecular weight excluding hydrogens is 512 g/mol. The molecule has 2 unspecified atom stereocenters. The lowest BCUT2D eigenvalue weighted by atomic mass is 9.69. The van der Waals surface area contributed by atoms with Gasteiger partial charge in [0, 0.05) is 11.8 Å². The maximum absolute atomic E-state index is 11.0. The molecule has 41 heavy (non-hydrogen) atoms. The number of hydrogen-bond donors (Lipinski definition) is 3. The van der Waals surface area contributed by atoms with Gasteiger partial charge >= 0.3 is 5.97 Å². The fourth-order valence-corrected chi connectivity index (χ4v) is 6.03. The van der Waals surface area contributed by atoms with Gasteiger partial charge in [-0.3, -0.25) is 4.79 Å². The van der Waals surface area contributed by atoms with Gasteiger partial charge in [-0.1, -0.05) is 90.6 Å². The van der Waals surface area contributed by atoms with Gasteiger partial charge in [-0.2, -0.15) is 0 Å². The van der Waals surface area contributed by atoms with Crippen molar-refractivity contribution in [1.29, 1.82) is 0 Å². The summed E-state index contributed by atoms with van der Waals surface area (Å²) in [5, 5.41) is 29.9. The van der Waals surface area contributed by atoms with Crippen LogP contribution in [0.5, 0.6) is 5.75 Å². The second-order valence-corrected chi connectivity index (χ2v) is 12.7. The van der Waals surface area contributed by atoms with Crippen molar-refractivity contribution in [3.05, 3.63) is 64.2 Å². The number of carboxylic acid groups (broad SMARTS) is 1. The first-order chi connectivity index (χ1) is 19.4. The summed E-state index contributed by atoms with van der Waals surface area (Å²) in [5.41, 5.74) is 5.92. The first kappa shape index (κ1) is 34.8. The van der Waals surface area contributed by atoms with E-state index in [1.165, 1.54) is 47.9 Å². The summed E-state index contributed by atoms with van der Waals surface area (Å²) in [5.74, 6) is -0.208. The van der Waals surface area contributed by atoms with Crippen molar-refractivity contribution < 1.29 is 24.9 Å². The van der Waals surface area contributed by atoms with Crippen LogP contribution in [0.3, 0.4) is 0 Å². The molecule has 0 aromatic heterocycles. The lowest BCUT2D eigenvalue weighted by molar-refractivity contribution is -0.137. The predicted octanol–water partition coefficient (Wildman–Crippen LogP) is 8.30. The molecule has 0 spiro atoms. The molecule has 0 bridgehead atoms. The molecule has 0 aliphatic carbocycles. The van der Waals surface area contributed by atoms with E-state index in [1.807, 2.05) is 13.0 Å². The van der Waals surface area contributed by atoms with Crippen LogP contribution in [0.15, 0.2) is 36.4 Å². The van der Waals surface area contributed by atoms with Gasteiger partial charge in [0.25, 0.3) is 0 Å². The molecule has 5 heteroatoms. The van der Waals surface area contributed by atoms with Crippen LogP contribution in [0.4, 0.5) is 0 Å². The number of hydrogen-bond acceptors (Lipinski definition) is 4. The number of ether oxygens (including phenoxy) is 1. The van der Waals surface area contributed by atoms with Crippen molar-refractivity contribution in [2.75, 3.05) is 6.61 Å². The fourth-order valence-electron chi connectivity index (χ4n) is 6.03. The molecule has 0 fully saturated rings. The number of unbranched alkanes of at least 4 members (excludes halogenated alkanes) is 3. The zero-order chi connectivity index (χ0) is 30.6. The minimum absolute atomic E-state index is 0.0640. The highest BCUT2D eigenvalue weighted by molar-refractivity contribution is 5.66. The molecule has 0 aliphatic rings. The summed E-state index contributed by atoms with van der Waals surface area (Å²) in [7, 11) is 0. The maximum Gasteiger partial charge on any atom is 0.303 e. The van der Waals surface area contributed by atoms with Gasteiger partial charge in [0.1, 0.15) is 12.4 Å². The highest BCUT2D eigenvalue weighted by Gasteiger charge is 2.32. The molecule has 2 atom stereocenters. The molecule has 0 amide bonds. The Labute approximate surface area is 249 Å². The van der Waals surface area contributed by atoms with E-state index in [0.717, 1.165) is 37.7 Å². The Hall–Kier alpha value is -2.37. The van der Waals surface area contributed by atoms with Gasteiger partial charge in [0.2, 0.25) is 0 Å². The van der Waals surface area contributed by atoms with Crippen molar-refractivity contribution in [3.8, 4) is 5.75 Å². The van der Waals surface area contributed by atoms with E-state index in [4.69, 9.17) is 9.84 Å². The van der Waals surface area contributed by atoms with E-state index in [-0.39, 0.29) is 36.4 Å². The lowest BCUT2D eigenvalue weighted by Crippen LogP contribution is -2.30. The van der Waals surface area contributed by atoms with E-state index in [1.54, 1.807) is 0 Å². The largest absolute Gasteiger partial charge is 0.491 e. The standard InChI is InChI=1S/C36H56O5/c1-8-11-12-13-22-35(6,7)33(38)20-15-28-14-16-29(23-26(28)4)36(9-2,10-3)30-17-19-32(27(5)24-30)41-25-31(37)18-21-34(39)40/h14,16-17,19,23-24,31,33,37-38H,8-13,15,18,20-22,25H2,1-7H3,(H,39,40). The number of aliphatic carboxylic acids is 1. The van der Waals surface area contributed by atoms with Crippen LogP contribution in [-0.2, 0) is 16.6 Å². The molecule has 2 aromatic carbocycles. The van der Waals surface area contributed by atoms with Gasteiger partial charge in [-0.25, -0.2) is 0 Å². The Kier molecular flexibility index (Phi) is 13.9. The van der Waals surface area contributed by atoms with Crippen LogP contribution in [0.25, 0.3) is 0 Å². The third-order valence-corrected chi connectivity index (χ3v) is 9.22. The Balaban J connectivity index is 2.15. The quantitative estimate of drug-likeness (QED) is 0.148. The van der Waals surface area contributed by atoms with Crippen molar-refractivity contribution >= 4 is 5.97 Å². The van der Waals surface area contributed by atoms with Crippen molar-refractivity contribution in [3.63, 3.8) is 0 Å². The predicted molar refractivity (Wildman–Crippen MR) is 169 cm³/mol. The van der Waals surface area contributed by atoms with E-state index >= 15 is 0 Å². The van der Waals surface area contributed by atoms with Gasteiger partial charge in [-0.15, -0.1) is 0 Å². The van der Waals surface area contributed by atoms with Gasteiger partial charge in [-0.05, 0) is 91.7 Å². The molecule has 0 saturated carbocycles. The summed E-state index contributed by atoms with van der Waals surface area (Å²) in [6.45, 7) is 15.4. The highest BCUT2D eigenvalue weighted by atomic mass is 16.5. The summed E-state index contributed by atoms with van der Waals surface area (Å²) >= 11 is 0. The van der Waals surface area contributed by atoms with E-state index in [2.05, 4.69) is 71.9 Å². The Morgan fingerprint density at radius 2 is 1.51 bits per heavy atom. The molecule has 230 valence electrons. The molecular formula is C36H56O5. The Bertz CT molecular complexity index is 1090. The fraction of sp³-hybridized carbons (Fsp3) is 0.639. The van der Waals surface area contributed by atoms with Crippen LogP contribution >= 0.6 is 0 Å². The van der Waals surface area contributed by atoms with Gasteiger partial charge in [0.15, 0.2) is 0 Å². The van der Waals surface area contributed by atoms with Crippen molar-refractivity contribution in [1.82, 2.24) is 0 Å². The smallest absolute Gasteiger partial charge is 0.303 e. The highest BCUT2D eigenvalue weighted by Crippen LogP contribution is 2.41. The molecule has 0 saturated heterocycles. The second-order valence-electron chi connectivity index (χ2n) is 12.7. The summed E-state index contributed by atoms with van der Waals surface area (Å²) in [6, 6.07) is 13.2. The van der Waals surface area contributed by atoms with Gasteiger partial charge in [0.05, 0.1) is 12.2 Å². The SMILES string of the molecule is CCCCCCC(C)(C)C(O)CCc1ccc(C(CC)(CC)c2ccc(OCC(O)CCC(=O)O)c(C)c2)cc1C. The number of rotatable bonds is 19. The summed E-state index contributed by atoms with van der Waals surface area (Å²) in [6.07, 6.45) is 8.55. The number of benzene rings is 2. The average Bonchev–Trinajstić information content (AvgIpc) is 2.94. The monoisotopic (exact) mass is 568 g/mol. The van der Waals surface area contributed by atoms with Crippen LogP contribution in [0, 0.1) is 19.3 Å². The van der Waals surface area contributed by atoms with Crippen molar-refractivity contribution in [2.45, 2.75) is 137 Å². The maximum atomic E-state index is 11.0. The Morgan fingerprint density at radius 1 is 0.878 bits per heavy atom. The molecule has 2 rings (SSSR count). The number of aryl methyl sites for hydroxylation is 3. The number of aliphatic hydroxyl groups excluding tert-OH is 2. The van der Waals surface area contributed by atoms with Crippen LogP contribution < -0.4 is 4.74 Å². The van der Waals surface area contributed by atoms with E-state index in [9.17, 15) is 15.0 Å². The summed E-state index contributed by atoms with van der Waals surface area (Å²) < 4.78 is 5.85. The van der Waals surface area contributed by atoms with E-state index < -0.39 is 12.1 Å². The minimum Gasteiger partial charge on any atom is -0.491 e. The number of aliphatic hydroxyl groups is 2. The third kappa shape index (κ3) is 9.85.